The molecule has 1 atom stereocenters. The van der Waals surface area contributed by atoms with Crippen LogP contribution < -0.4 is 5.73 Å². The summed E-state index contributed by atoms with van der Waals surface area (Å²) in [5, 5.41) is -0.776. The molecule has 1 saturated heterocycles. The maximum absolute atomic E-state index is 12.6. The predicted molar refractivity (Wildman–Crippen MR) is 85.5 cm³/mol. The van der Waals surface area contributed by atoms with Crippen molar-refractivity contribution in [2.75, 3.05) is 30.0 Å². The van der Waals surface area contributed by atoms with E-state index in [1.165, 1.54) is 4.90 Å². The highest BCUT2D eigenvalue weighted by molar-refractivity contribution is 9.10. The van der Waals surface area contributed by atoms with Gasteiger partial charge in [0, 0.05) is 34.5 Å². The molecule has 1 aromatic rings. The van der Waals surface area contributed by atoms with Gasteiger partial charge < -0.3 is 10.6 Å². The van der Waals surface area contributed by atoms with Gasteiger partial charge in [-0.1, -0.05) is 0 Å². The highest BCUT2D eigenvalue weighted by atomic mass is 79.9. The van der Waals surface area contributed by atoms with E-state index in [9.17, 15) is 13.2 Å². The third kappa shape index (κ3) is 3.29. The second-order valence-corrected chi connectivity index (χ2v) is 8.80. The number of carbonyl (C=O) groups excluding carboxylic acids is 1. The number of hydrogen-bond acceptors (Lipinski definition) is 5. The average molecular weight is 379 g/mol. The van der Waals surface area contributed by atoms with E-state index in [1.807, 2.05) is 0 Å². The minimum Gasteiger partial charge on any atom is -0.399 e. The van der Waals surface area contributed by atoms with E-state index in [1.54, 1.807) is 30.0 Å². The van der Waals surface area contributed by atoms with E-state index in [0.717, 1.165) is 12.0 Å². The van der Waals surface area contributed by atoms with E-state index in [-0.39, 0.29) is 5.91 Å². The molecule has 8 heteroatoms. The lowest BCUT2D eigenvalue weighted by Crippen LogP contribution is -2.50. The van der Waals surface area contributed by atoms with Crippen LogP contribution in [0.2, 0.25) is 0 Å². The van der Waals surface area contributed by atoms with E-state index in [4.69, 9.17) is 5.73 Å². The molecule has 0 aliphatic carbocycles. The Labute approximate surface area is 130 Å². The second kappa shape index (κ2) is 5.95. The molecule has 20 heavy (non-hydrogen) atoms. The summed E-state index contributed by atoms with van der Waals surface area (Å²) in [7, 11) is -3.31. The Morgan fingerprint density at radius 3 is 2.85 bits per heavy atom. The van der Waals surface area contributed by atoms with Crippen LogP contribution in [-0.2, 0) is 9.84 Å². The van der Waals surface area contributed by atoms with Gasteiger partial charge in [-0.05, 0) is 34.1 Å². The summed E-state index contributed by atoms with van der Waals surface area (Å²) in [5.74, 6) is 0.835. The summed E-state index contributed by atoms with van der Waals surface area (Å²) in [6.45, 7) is 0.419. The van der Waals surface area contributed by atoms with Gasteiger partial charge in [0.05, 0.1) is 5.56 Å². The average Bonchev–Trinajstić information content (AvgIpc) is 2.40. The van der Waals surface area contributed by atoms with E-state index in [2.05, 4.69) is 15.9 Å². The summed E-state index contributed by atoms with van der Waals surface area (Å²) in [6.07, 6.45) is 1.16. The van der Waals surface area contributed by atoms with Gasteiger partial charge in [0.1, 0.15) is 5.37 Å². The molecule has 2 N–H and O–H groups in total. The van der Waals surface area contributed by atoms with Crippen molar-refractivity contribution in [3.05, 3.63) is 28.2 Å². The lowest BCUT2D eigenvalue weighted by Gasteiger charge is -2.34. The van der Waals surface area contributed by atoms with Crippen molar-refractivity contribution in [3.8, 4) is 0 Å². The lowest BCUT2D eigenvalue weighted by molar-refractivity contribution is 0.0749. The topological polar surface area (TPSA) is 80.5 Å². The molecule has 1 aliphatic heterocycles. The minimum atomic E-state index is -3.31. The Hall–Kier alpha value is -0.730. The number of nitrogens with zero attached hydrogens (tertiary/aromatic N) is 1. The molecule has 1 aromatic carbocycles. The maximum atomic E-state index is 12.6. The van der Waals surface area contributed by atoms with Gasteiger partial charge in [0.2, 0.25) is 0 Å². The summed E-state index contributed by atoms with van der Waals surface area (Å²) in [6, 6.07) is 4.94. The molecule has 1 amide bonds. The fourth-order valence-electron chi connectivity index (χ4n) is 2.03. The number of nitrogens with two attached hydrogens (primary N) is 1. The van der Waals surface area contributed by atoms with Crippen LogP contribution >= 0.6 is 27.7 Å². The zero-order chi connectivity index (χ0) is 14.9. The fraction of sp³-hybridized carbons (Fsp3) is 0.417. The first kappa shape index (κ1) is 15.7. The number of nitrogen functional groups attached to an aromatic ring is 1. The zero-order valence-corrected chi connectivity index (χ0v) is 14.1. The molecule has 1 unspecified atom stereocenters. The molecular weight excluding hydrogens is 364 g/mol. The Morgan fingerprint density at radius 2 is 2.20 bits per heavy atom. The largest absolute Gasteiger partial charge is 0.399 e. The molecule has 1 fully saturated rings. The predicted octanol–water partition coefficient (Wildman–Crippen LogP) is 1.59. The van der Waals surface area contributed by atoms with Gasteiger partial charge >= 0.3 is 0 Å². The van der Waals surface area contributed by atoms with Crippen molar-refractivity contribution in [1.29, 1.82) is 0 Å². The molecular formula is C12H15BrN2O3S2. The van der Waals surface area contributed by atoms with Crippen molar-refractivity contribution in [2.24, 2.45) is 0 Å². The smallest absolute Gasteiger partial charge is 0.256 e. The molecule has 0 bridgehead atoms. The molecule has 110 valence electrons. The monoisotopic (exact) mass is 378 g/mol. The number of thioether (sulfide) groups is 1. The first-order valence-corrected chi connectivity index (χ1v) is 9.83. The standard InChI is InChI=1S/C12H15BrN2O3S2/c1-20(17,18)11-7-19-5-4-15(11)12(16)9-6-8(14)2-3-10(9)13/h2-3,6,11H,4-5,7,14H2,1H3. The van der Waals surface area contributed by atoms with Crippen molar-refractivity contribution >= 4 is 49.1 Å². The summed E-state index contributed by atoms with van der Waals surface area (Å²) in [4.78, 5) is 14.0. The van der Waals surface area contributed by atoms with Gasteiger partial charge in [-0.25, -0.2) is 8.42 Å². The Balaban J connectivity index is 2.37. The van der Waals surface area contributed by atoms with Gasteiger partial charge in [-0.2, -0.15) is 11.8 Å². The number of hydrogen-bond donors (Lipinski definition) is 1. The molecule has 0 aromatic heterocycles. The highest BCUT2D eigenvalue weighted by Gasteiger charge is 2.35. The molecule has 0 radical (unpaired) electrons. The Bertz CT molecular complexity index is 634. The van der Waals surface area contributed by atoms with Crippen LogP contribution in [-0.4, -0.2) is 48.9 Å². The second-order valence-electron chi connectivity index (χ2n) is 4.60. The number of anilines is 1. The first-order valence-electron chi connectivity index (χ1n) is 5.93. The van der Waals surface area contributed by atoms with E-state index >= 15 is 0 Å². The Kier molecular flexibility index (Phi) is 4.66. The van der Waals surface area contributed by atoms with Crippen molar-refractivity contribution in [3.63, 3.8) is 0 Å². The van der Waals surface area contributed by atoms with Crippen LogP contribution in [0.4, 0.5) is 5.69 Å². The van der Waals surface area contributed by atoms with Crippen LogP contribution in [0.25, 0.3) is 0 Å². The van der Waals surface area contributed by atoms with Crippen LogP contribution in [0, 0.1) is 0 Å². The van der Waals surface area contributed by atoms with E-state index in [0.29, 0.717) is 28.0 Å². The number of sulfone groups is 1. The van der Waals surface area contributed by atoms with Crippen LogP contribution in [0.3, 0.4) is 0 Å². The molecule has 0 saturated carbocycles. The van der Waals surface area contributed by atoms with Crippen molar-refractivity contribution < 1.29 is 13.2 Å². The fourth-order valence-corrected chi connectivity index (χ4v) is 5.26. The third-order valence-electron chi connectivity index (χ3n) is 3.06. The van der Waals surface area contributed by atoms with E-state index < -0.39 is 15.2 Å². The molecule has 2 rings (SSSR count). The quantitative estimate of drug-likeness (QED) is 0.790. The van der Waals surface area contributed by atoms with Gasteiger partial charge in [0.25, 0.3) is 5.91 Å². The third-order valence-corrected chi connectivity index (χ3v) is 6.40. The molecule has 5 nitrogen and oxygen atoms in total. The number of amides is 1. The highest BCUT2D eigenvalue weighted by Crippen LogP contribution is 2.26. The zero-order valence-electron chi connectivity index (χ0n) is 10.9. The van der Waals surface area contributed by atoms with Crippen molar-refractivity contribution in [1.82, 2.24) is 4.90 Å². The van der Waals surface area contributed by atoms with Gasteiger partial charge in [0.15, 0.2) is 9.84 Å². The molecule has 0 spiro atoms. The van der Waals surface area contributed by atoms with Crippen LogP contribution in [0.15, 0.2) is 22.7 Å². The first-order chi connectivity index (χ1) is 9.30. The number of carbonyl (C=O) groups is 1. The van der Waals surface area contributed by atoms with Gasteiger partial charge in [-0.3, -0.25) is 4.79 Å². The van der Waals surface area contributed by atoms with Gasteiger partial charge in [-0.15, -0.1) is 0 Å². The number of rotatable bonds is 2. The number of benzene rings is 1. The van der Waals surface area contributed by atoms with Crippen LogP contribution in [0.5, 0.6) is 0 Å². The Morgan fingerprint density at radius 1 is 1.50 bits per heavy atom. The van der Waals surface area contributed by atoms with Crippen molar-refractivity contribution in [2.45, 2.75) is 5.37 Å². The minimum absolute atomic E-state index is 0.306. The maximum Gasteiger partial charge on any atom is 0.256 e. The summed E-state index contributed by atoms with van der Waals surface area (Å²) >= 11 is 4.85. The SMILES string of the molecule is CS(=O)(=O)C1CSCCN1C(=O)c1cc(N)ccc1Br. The molecule has 1 aliphatic rings. The summed E-state index contributed by atoms with van der Waals surface area (Å²) in [5.41, 5.74) is 6.57. The van der Waals surface area contributed by atoms with Crippen LogP contribution in [0.1, 0.15) is 10.4 Å². The summed E-state index contributed by atoms with van der Waals surface area (Å²) < 4.78 is 24.3. The molecule has 1 heterocycles. The lowest BCUT2D eigenvalue weighted by atomic mass is 10.1. The number of halogens is 1. The normalized spacial score (nSPS) is 19.9.